The molecule has 0 aliphatic heterocycles. The normalized spacial score (nSPS) is 14.4. The van der Waals surface area contributed by atoms with Gasteiger partial charge in [-0.05, 0) is 31.4 Å². The van der Waals surface area contributed by atoms with Gasteiger partial charge >= 0.3 is 0 Å². The van der Waals surface area contributed by atoms with E-state index in [9.17, 15) is 8.78 Å². The third-order valence-electron chi connectivity index (χ3n) is 3.42. The SMILES string of the molecule is CCCNC(CC(C)CCC)c1cccc(F)c1F. The third kappa shape index (κ3) is 4.90. The van der Waals surface area contributed by atoms with Gasteiger partial charge in [-0.2, -0.15) is 0 Å². The van der Waals surface area contributed by atoms with Crippen molar-refractivity contribution in [3.8, 4) is 0 Å². The molecule has 0 bridgehead atoms. The van der Waals surface area contributed by atoms with E-state index in [1.807, 2.05) is 0 Å². The molecular weight excluding hydrogens is 244 g/mol. The fourth-order valence-electron chi connectivity index (χ4n) is 2.44. The lowest BCUT2D eigenvalue weighted by atomic mass is 9.92. The molecule has 19 heavy (non-hydrogen) atoms. The van der Waals surface area contributed by atoms with Crippen LogP contribution < -0.4 is 5.32 Å². The highest BCUT2D eigenvalue weighted by Crippen LogP contribution is 2.27. The van der Waals surface area contributed by atoms with Crippen molar-refractivity contribution in [3.05, 3.63) is 35.4 Å². The Morgan fingerprint density at radius 2 is 1.89 bits per heavy atom. The third-order valence-corrected chi connectivity index (χ3v) is 3.42. The van der Waals surface area contributed by atoms with Gasteiger partial charge in [-0.15, -0.1) is 0 Å². The van der Waals surface area contributed by atoms with Gasteiger partial charge in [0.25, 0.3) is 0 Å². The first-order chi connectivity index (χ1) is 9.10. The van der Waals surface area contributed by atoms with E-state index in [1.165, 1.54) is 6.07 Å². The summed E-state index contributed by atoms with van der Waals surface area (Å²) < 4.78 is 27.2. The second-order valence-electron chi connectivity index (χ2n) is 5.28. The van der Waals surface area contributed by atoms with Gasteiger partial charge in [0.2, 0.25) is 0 Å². The molecule has 0 aromatic heterocycles. The van der Waals surface area contributed by atoms with Crippen LogP contribution in [0, 0.1) is 17.6 Å². The summed E-state index contributed by atoms with van der Waals surface area (Å²) in [6.45, 7) is 7.20. The lowest BCUT2D eigenvalue weighted by molar-refractivity contribution is 0.375. The molecule has 1 aromatic carbocycles. The Labute approximate surface area is 115 Å². The predicted molar refractivity (Wildman–Crippen MR) is 76.1 cm³/mol. The summed E-state index contributed by atoms with van der Waals surface area (Å²) >= 11 is 0. The average Bonchev–Trinajstić information content (AvgIpc) is 2.38. The summed E-state index contributed by atoms with van der Waals surface area (Å²) in [7, 11) is 0. The number of hydrogen-bond donors (Lipinski definition) is 1. The lowest BCUT2D eigenvalue weighted by Gasteiger charge is -2.23. The Morgan fingerprint density at radius 1 is 1.16 bits per heavy atom. The van der Waals surface area contributed by atoms with E-state index in [4.69, 9.17) is 0 Å². The second kappa shape index (κ2) is 8.26. The Bertz CT molecular complexity index is 379. The molecule has 0 saturated carbocycles. The largest absolute Gasteiger partial charge is 0.310 e. The molecule has 0 aliphatic carbocycles. The van der Waals surface area contributed by atoms with E-state index in [2.05, 4.69) is 26.1 Å². The van der Waals surface area contributed by atoms with Gasteiger partial charge in [0.05, 0.1) is 0 Å². The van der Waals surface area contributed by atoms with Gasteiger partial charge in [-0.3, -0.25) is 0 Å². The molecular formula is C16H25F2N. The first-order valence-electron chi connectivity index (χ1n) is 7.27. The van der Waals surface area contributed by atoms with E-state index in [0.29, 0.717) is 11.5 Å². The second-order valence-corrected chi connectivity index (χ2v) is 5.28. The van der Waals surface area contributed by atoms with Crippen molar-refractivity contribution in [3.63, 3.8) is 0 Å². The van der Waals surface area contributed by atoms with Crippen LogP contribution in [0.1, 0.15) is 58.1 Å². The molecule has 0 amide bonds. The van der Waals surface area contributed by atoms with Gasteiger partial charge in [0.1, 0.15) is 0 Å². The van der Waals surface area contributed by atoms with E-state index in [1.54, 1.807) is 12.1 Å². The van der Waals surface area contributed by atoms with Crippen LogP contribution >= 0.6 is 0 Å². The minimum atomic E-state index is -0.760. The maximum atomic E-state index is 13.9. The van der Waals surface area contributed by atoms with Crippen molar-refractivity contribution in [2.75, 3.05) is 6.54 Å². The standard InChI is InChI=1S/C16H25F2N/c1-4-7-12(3)11-15(19-10-5-2)13-8-6-9-14(17)16(13)18/h6,8-9,12,15,19H,4-5,7,10-11H2,1-3H3. The zero-order valence-electron chi connectivity index (χ0n) is 12.2. The average molecular weight is 269 g/mol. The van der Waals surface area contributed by atoms with Crippen LogP contribution in [0.2, 0.25) is 0 Å². The zero-order chi connectivity index (χ0) is 14.3. The number of halogens is 2. The van der Waals surface area contributed by atoms with Crippen molar-refractivity contribution >= 4 is 0 Å². The highest BCUT2D eigenvalue weighted by molar-refractivity contribution is 5.22. The highest BCUT2D eigenvalue weighted by atomic mass is 19.2. The Balaban J connectivity index is 2.85. The first-order valence-corrected chi connectivity index (χ1v) is 7.27. The molecule has 0 spiro atoms. The minimum Gasteiger partial charge on any atom is -0.310 e. The number of hydrogen-bond acceptors (Lipinski definition) is 1. The molecule has 2 unspecified atom stereocenters. The monoisotopic (exact) mass is 269 g/mol. The van der Waals surface area contributed by atoms with Crippen molar-refractivity contribution in [2.24, 2.45) is 5.92 Å². The Kier molecular flexibility index (Phi) is 7.00. The Hall–Kier alpha value is -0.960. The summed E-state index contributed by atoms with van der Waals surface area (Å²) in [5.41, 5.74) is 0.455. The maximum Gasteiger partial charge on any atom is 0.163 e. The number of benzene rings is 1. The molecule has 1 rings (SSSR count). The quantitative estimate of drug-likeness (QED) is 0.712. The number of nitrogens with one attached hydrogen (secondary N) is 1. The minimum absolute atomic E-state index is 0.0998. The van der Waals surface area contributed by atoms with Crippen LogP contribution in [0.3, 0.4) is 0 Å². The van der Waals surface area contributed by atoms with Crippen molar-refractivity contribution in [2.45, 2.75) is 52.5 Å². The topological polar surface area (TPSA) is 12.0 Å². The zero-order valence-corrected chi connectivity index (χ0v) is 12.2. The van der Waals surface area contributed by atoms with Crippen LogP contribution in [-0.2, 0) is 0 Å². The van der Waals surface area contributed by atoms with Crippen LogP contribution in [0.15, 0.2) is 18.2 Å². The van der Waals surface area contributed by atoms with Gasteiger partial charge in [0.15, 0.2) is 11.6 Å². The van der Waals surface area contributed by atoms with Gasteiger partial charge in [-0.25, -0.2) is 8.78 Å². The summed E-state index contributed by atoms with van der Waals surface area (Å²) in [5.74, 6) is -0.967. The molecule has 1 nitrogen and oxygen atoms in total. The van der Waals surface area contributed by atoms with Gasteiger partial charge in [-0.1, -0.05) is 45.7 Å². The molecule has 0 saturated heterocycles. The summed E-state index contributed by atoms with van der Waals surface area (Å²) in [6.07, 6.45) is 4.05. The Morgan fingerprint density at radius 3 is 2.53 bits per heavy atom. The molecule has 0 aliphatic rings. The molecule has 0 heterocycles. The molecule has 0 radical (unpaired) electrons. The summed E-state index contributed by atoms with van der Waals surface area (Å²) in [6, 6.07) is 4.34. The fraction of sp³-hybridized carbons (Fsp3) is 0.625. The van der Waals surface area contributed by atoms with Crippen LogP contribution in [0.4, 0.5) is 8.78 Å². The lowest BCUT2D eigenvalue weighted by Crippen LogP contribution is -2.25. The molecule has 1 N–H and O–H groups in total. The van der Waals surface area contributed by atoms with Crippen molar-refractivity contribution in [1.82, 2.24) is 5.32 Å². The highest BCUT2D eigenvalue weighted by Gasteiger charge is 2.19. The molecule has 0 fully saturated rings. The smallest absolute Gasteiger partial charge is 0.163 e. The van der Waals surface area contributed by atoms with E-state index >= 15 is 0 Å². The van der Waals surface area contributed by atoms with Crippen LogP contribution in [0.25, 0.3) is 0 Å². The van der Waals surface area contributed by atoms with E-state index < -0.39 is 11.6 Å². The molecule has 3 heteroatoms. The van der Waals surface area contributed by atoms with Crippen molar-refractivity contribution in [1.29, 1.82) is 0 Å². The maximum absolute atomic E-state index is 13.9. The van der Waals surface area contributed by atoms with E-state index in [-0.39, 0.29) is 6.04 Å². The summed E-state index contributed by atoms with van der Waals surface area (Å²) in [4.78, 5) is 0. The van der Waals surface area contributed by atoms with E-state index in [0.717, 1.165) is 32.2 Å². The molecule has 108 valence electrons. The van der Waals surface area contributed by atoms with Gasteiger partial charge < -0.3 is 5.32 Å². The molecule has 2 atom stereocenters. The van der Waals surface area contributed by atoms with Crippen molar-refractivity contribution < 1.29 is 8.78 Å². The van der Waals surface area contributed by atoms with Crippen LogP contribution in [0.5, 0.6) is 0 Å². The first kappa shape index (κ1) is 16.1. The van der Waals surface area contributed by atoms with Crippen LogP contribution in [-0.4, -0.2) is 6.54 Å². The predicted octanol–water partition coefficient (Wildman–Crippen LogP) is 4.83. The fourth-order valence-corrected chi connectivity index (χ4v) is 2.44. The molecule has 1 aromatic rings. The summed E-state index contributed by atoms with van der Waals surface area (Å²) in [5, 5.41) is 3.34. The number of rotatable bonds is 8. The van der Waals surface area contributed by atoms with Gasteiger partial charge in [0, 0.05) is 11.6 Å².